The molecule has 30 heavy (non-hydrogen) atoms. The number of nitrogens with zero attached hydrogens (tertiary/aromatic N) is 3. The molecule has 1 aromatic carbocycles. The van der Waals surface area contributed by atoms with Crippen LogP contribution in [0.3, 0.4) is 0 Å². The lowest BCUT2D eigenvalue weighted by Crippen LogP contribution is -2.45. The summed E-state index contributed by atoms with van der Waals surface area (Å²) in [5.74, 6) is 2.52. The fourth-order valence-corrected chi connectivity index (χ4v) is 4.73. The van der Waals surface area contributed by atoms with E-state index in [0.29, 0.717) is 6.04 Å². The highest BCUT2D eigenvalue weighted by Gasteiger charge is 2.23. The van der Waals surface area contributed by atoms with Gasteiger partial charge in [-0.2, -0.15) is 0 Å². The molecule has 1 atom stereocenters. The van der Waals surface area contributed by atoms with Crippen molar-refractivity contribution in [2.24, 2.45) is 4.99 Å². The van der Waals surface area contributed by atoms with E-state index in [1.165, 1.54) is 10.4 Å². The molecule has 1 fully saturated rings. The van der Waals surface area contributed by atoms with E-state index in [1.807, 2.05) is 13.1 Å². The number of aryl methyl sites for hydroxylation is 2. The number of methoxy groups -OCH3 is 2. The molecule has 1 aliphatic heterocycles. The first-order chi connectivity index (χ1) is 14.5. The molecule has 2 N–H and O–H groups in total. The van der Waals surface area contributed by atoms with Crippen LogP contribution in [-0.4, -0.2) is 62.8 Å². The lowest BCUT2D eigenvalue weighted by Gasteiger charge is -2.19. The number of likely N-dealkylation sites (tertiary alicyclic amines) is 1. The number of hydrogen-bond donors (Lipinski definition) is 2. The van der Waals surface area contributed by atoms with Gasteiger partial charge in [0.05, 0.1) is 24.9 Å². The van der Waals surface area contributed by atoms with Crippen LogP contribution < -0.4 is 20.1 Å². The quantitative estimate of drug-likeness (QED) is 0.495. The van der Waals surface area contributed by atoms with Crippen LogP contribution in [0.5, 0.6) is 11.5 Å². The van der Waals surface area contributed by atoms with Crippen molar-refractivity contribution < 1.29 is 9.47 Å². The van der Waals surface area contributed by atoms with E-state index in [-0.39, 0.29) is 0 Å². The molecule has 2 aromatic rings. The second kappa shape index (κ2) is 10.6. The molecule has 1 saturated heterocycles. The Bertz CT molecular complexity index is 845. The van der Waals surface area contributed by atoms with Crippen LogP contribution in [-0.2, 0) is 13.0 Å². The minimum Gasteiger partial charge on any atom is -0.497 e. The van der Waals surface area contributed by atoms with Gasteiger partial charge in [-0.1, -0.05) is 0 Å². The van der Waals surface area contributed by atoms with Crippen molar-refractivity contribution in [1.29, 1.82) is 0 Å². The summed E-state index contributed by atoms with van der Waals surface area (Å²) in [5.41, 5.74) is 2.34. The maximum absolute atomic E-state index is 5.39. The van der Waals surface area contributed by atoms with Crippen LogP contribution in [0.15, 0.2) is 23.2 Å². The molecular weight excluding hydrogens is 398 g/mol. The Morgan fingerprint density at radius 1 is 1.23 bits per heavy atom. The Morgan fingerprint density at radius 3 is 2.57 bits per heavy atom. The SMILES string of the molecule is CN=C(NCCc1sc(C)nc1C)NC1CCN(Cc2cc(OC)cc(OC)c2)C1. The van der Waals surface area contributed by atoms with Gasteiger partial charge in [0.15, 0.2) is 5.96 Å². The summed E-state index contributed by atoms with van der Waals surface area (Å²) in [6, 6.07) is 6.44. The molecule has 0 saturated carbocycles. The molecule has 0 amide bonds. The molecule has 0 spiro atoms. The van der Waals surface area contributed by atoms with Crippen LogP contribution in [0.1, 0.15) is 27.6 Å². The summed E-state index contributed by atoms with van der Waals surface area (Å²) >= 11 is 1.78. The summed E-state index contributed by atoms with van der Waals surface area (Å²) < 4.78 is 10.8. The minimum atomic E-state index is 0.385. The highest BCUT2D eigenvalue weighted by molar-refractivity contribution is 7.11. The molecule has 1 unspecified atom stereocenters. The summed E-state index contributed by atoms with van der Waals surface area (Å²) in [4.78, 5) is 12.7. The Morgan fingerprint density at radius 2 is 1.97 bits per heavy atom. The number of benzene rings is 1. The number of nitrogens with one attached hydrogen (secondary N) is 2. The van der Waals surface area contributed by atoms with Gasteiger partial charge in [0.25, 0.3) is 0 Å². The molecule has 164 valence electrons. The van der Waals surface area contributed by atoms with E-state index < -0.39 is 0 Å². The summed E-state index contributed by atoms with van der Waals surface area (Å²) in [5, 5.41) is 8.14. The van der Waals surface area contributed by atoms with Crippen LogP contribution in [0.2, 0.25) is 0 Å². The molecule has 0 radical (unpaired) electrons. The zero-order valence-electron chi connectivity index (χ0n) is 18.6. The van der Waals surface area contributed by atoms with Gasteiger partial charge in [0.1, 0.15) is 11.5 Å². The van der Waals surface area contributed by atoms with E-state index in [1.54, 1.807) is 25.6 Å². The average molecular weight is 432 g/mol. The molecule has 3 rings (SSSR count). The minimum absolute atomic E-state index is 0.385. The molecule has 0 aliphatic carbocycles. The van der Waals surface area contributed by atoms with E-state index in [9.17, 15) is 0 Å². The highest BCUT2D eigenvalue weighted by Crippen LogP contribution is 2.24. The number of guanidine groups is 1. The van der Waals surface area contributed by atoms with Gasteiger partial charge < -0.3 is 20.1 Å². The zero-order valence-corrected chi connectivity index (χ0v) is 19.4. The van der Waals surface area contributed by atoms with E-state index >= 15 is 0 Å². The summed E-state index contributed by atoms with van der Waals surface area (Å²) in [6.45, 7) is 7.89. The number of ether oxygens (including phenoxy) is 2. The number of thiazole rings is 1. The number of hydrogen-bond acceptors (Lipinski definition) is 6. The topological polar surface area (TPSA) is 71.0 Å². The van der Waals surface area contributed by atoms with Crippen molar-refractivity contribution in [3.05, 3.63) is 39.3 Å². The van der Waals surface area contributed by atoms with Crippen molar-refractivity contribution in [2.75, 3.05) is 40.9 Å². The molecule has 2 heterocycles. The highest BCUT2D eigenvalue weighted by atomic mass is 32.1. The molecule has 7 nitrogen and oxygen atoms in total. The average Bonchev–Trinajstić information content (AvgIpc) is 3.31. The fourth-order valence-electron chi connectivity index (χ4n) is 3.80. The van der Waals surface area contributed by atoms with Gasteiger partial charge in [-0.3, -0.25) is 9.89 Å². The van der Waals surface area contributed by atoms with Crippen molar-refractivity contribution >= 4 is 17.3 Å². The standard InChI is InChI=1S/C22H33N5O2S/c1-15-21(30-16(2)25-15)6-8-24-22(23-3)26-18-7-9-27(14-18)13-17-10-19(28-4)12-20(11-17)29-5/h10-12,18H,6-9,13-14H2,1-5H3,(H2,23,24,26). The van der Waals surface area contributed by atoms with Crippen molar-refractivity contribution in [3.8, 4) is 11.5 Å². The van der Waals surface area contributed by atoms with E-state index in [0.717, 1.165) is 67.2 Å². The van der Waals surface area contributed by atoms with E-state index in [2.05, 4.69) is 51.5 Å². The smallest absolute Gasteiger partial charge is 0.191 e. The fraction of sp³-hybridized carbons (Fsp3) is 0.545. The van der Waals surface area contributed by atoms with Crippen molar-refractivity contribution in [2.45, 2.75) is 39.3 Å². The van der Waals surface area contributed by atoms with Gasteiger partial charge in [-0.25, -0.2) is 4.98 Å². The third-order valence-corrected chi connectivity index (χ3v) is 6.43. The molecule has 1 aromatic heterocycles. The lowest BCUT2D eigenvalue weighted by atomic mass is 10.2. The summed E-state index contributed by atoms with van der Waals surface area (Å²) in [6.07, 6.45) is 2.06. The van der Waals surface area contributed by atoms with Crippen LogP contribution in [0, 0.1) is 13.8 Å². The largest absolute Gasteiger partial charge is 0.497 e. The normalized spacial score (nSPS) is 17.2. The Kier molecular flexibility index (Phi) is 7.93. The van der Waals surface area contributed by atoms with Gasteiger partial charge in [0, 0.05) is 56.6 Å². The van der Waals surface area contributed by atoms with Crippen LogP contribution in [0.4, 0.5) is 0 Å². The van der Waals surface area contributed by atoms with Crippen molar-refractivity contribution in [3.63, 3.8) is 0 Å². The summed E-state index contributed by atoms with van der Waals surface area (Å²) in [7, 11) is 5.20. The Hall–Kier alpha value is -2.32. The zero-order chi connectivity index (χ0) is 21.5. The first-order valence-electron chi connectivity index (χ1n) is 10.3. The third kappa shape index (κ3) is 6.09. The first-order valence-corrected chi connectivity index (χ1v) is 11.2. The molecule has 0 bridgehead atoms. The number of rotatable bonds is 8. The maximum atomic E-state index is 5.39. The molecular formula is C22H33N5O2S. The Labute approximate surface area is 183 Å². The van der Waals surface area contributed by atoms with Gasteiger partial charge in [0.2, 0.25) is 0 Å². The lowest BCUT2D eigenvalue weighted by molar-refractivity contribution is 0.321. The predicted octanol–water partition coefficient (Wildman–Crippen LogP) is 2.76. The van der Waals surface area contributed by atoms with Gasteiger partial charge >= 0.3 is 0 Å². The number of aliphatic imine (C=N–C) groups is 1. The van der Waals surface area contributed by atoms with Crippen molar-refractivity contribution in [1.82, 2.24) is 20.5 Å². The second-order valence-corrected chi connectivity index (χ2v) is 8.86. The second-order valence-electron chi connectivity index (χ2n) is 7.58. The monoisotopic (exact) mass is 431 g/mol. The van der Waals surface area contributed by atoms with Crippen LogP contribution in [0.25, 0.3) is 0 Å². The third-order valence-electron chi connectivity index (χ3n) is 5.30. The van der Waals surface area contributed by atoms with E-state index in [4.69, 9.17) is 9.47 Å². The van der Waals surface area contributed by atoms with Crippen LogP contribution >= 0.6 is 11.3 Å². The predicted molar refractivity (Wildman–Crippen MR) is 123 cm³/mol. The molecule has 8 heteroatoms. The molecule has 1 aliphatic rings. The maximum Gasteiger partial charge on any atom is 0.191 e. The first kappa shape index (κ1) is 22.4. The number of aromatic nitrogens is 1. The van der Waals surface area contributed by atoms with Gasteiger partial charge in [-0.05, 0) is 38.0 Å². The van der Waals surface area contributed by atoms with Gasteiger partial charge in [-0.15, -0.1) is 11.3 Å². The Balaban J connectivity index is 1.47.